The van der Waals surface area contributed by atoms with Gasteiger partial charge in [-0.2, -0.15) is 5.26 Å². The highest BCUT2D eigenvalue weighted by Gasteiger charge is 2.32. The van der Waals surface area contributed by atoms with E-state index in [-0.39, 0.29) is 28.0 Å². The molecule has 0 saturated carbocycles. The number of pyridine rings is 1. The molecule has 0 saturated heterocycles. The molecule has 1 atom stereocenters. The summed E-state index contributed by atoms with van der Waals surface area (Å²) in [5, 5.41) is 21.5. The van der Waals surface area contributed by atoms with Crippen LogP contribution in [0, 0.1) is 11.3 Å². The van der Waals surface area contributed by atoms with Gasteiger partial charge in [0.1, 0.15) is 17.9 Å². The number of rotatable bonds is 4. The first-order chi connectivity index (χ1) is 22.5. The Morgan fingerprint density at radius 3 is 2.04 bits per heavy atom. The van der Waals surface area contributed by atoms with Gasteiger partial charge in [-0.25, -0.2) is 4.99 Å². The van der Waals surface area contributed by atoms with Crippen LogP contribution in [0.3, 0.4) is 0 Å². The highest BCUT2D eigenvalue weighted by atomic mass is 16.3. The summed E-state index contributed by atoms with van der Waals surface area (Å²) in [5.41, 5.74) is 10.4. The van der Waals surface area contributed by atoms with Gasteiger partial charge in [-0.1, -0.05) is 123 Å². The molecule has 242 valence electrons. The van der Waals surface area contributed by atoms with Gasteiger partial charge in [0.05, 0.1) is 22.5 Å². The first-order valence-electron chi connectivity index (χ1n) is 16.6. The lowest BCUT2D eigenvalue weighted by atomic mass is 9.79. The van der Waals surface area contributed by atoms with Crippen molar-refractivity contribution in [2.75, 3.05) is 0 Å². The topological polar surface area (TPSA) is 81.6 Å². The Morgan fingerprint density at radius 2 is 1.40 bits per heavy atom. The Balaban J connectivity index is 1.48. The van der Waals surface area contributed by atoms with Crippen molar-refractivity contribution < 1.29 is 5.11 Å². The molecule has 0 bridgehead atoms. The average Bonchev–Trinajstić information content (AvgIpc) is 3.47. The van der Waals surface area contributed by atoms with Gasteiger partial charge in [-0.3, -0.25) is 9.98 Å². The van der Waals surface area contributed by atoms with Crippen LogP contribution in [-0.2, 0) is 16.2 Å². The quantitative estimate of drug-likeness (QED) is 0.243. The van der Waals surface area contributed by atoms with Gasteiger partial charge in [0.25, 0.3) is 0 Å². The minimum Gasteiger partial charge on any atom is -0.507 e. The highest BCUT2D eigenvalue weighted by molar-refractivity contribution is 6.34. The van der Waals surface area contributed by atoms with E-state index in [2.05, 4.69) is 111 Å². The Kier molecular flexibility index (Phi) is 8.12. The second-order valence-electron chi connectivity index (χ2n) is 15.9. The zero-order valence-corrected chi connectivity index (χ0v) is 29.5. The van der Waals surface area contributed by atoms with E-state index < -0.39 is 0 Å². The minimum atomic E-state index is -0.256. The first-order valence-corrected chi connectivity index (χ1v) is 16.6. The van der Waals surface area contributed by atoms with E-state index in [9.17, 15) is 10.4 Å². The van der Waals surface area contributed by atoms with Gasteiger partial charge in [-0.15, -0.1) is 0 Å². The number of benzene rings is 3. The molecule has 1 unspecified atom stereocenters. The van der Waals surface area contributed by atoms with Crippen molar-refractivity contribution in [2.24, 2.45) is 9.98 Å². The third-order valence-electron chi connectivity index (χ3n) is 9.14. The van der Waals surface area contributed by atoms with Gasteiger partial charge in [0.15, 0.2) is 5.84 Å². The van der Waals surface area contributed by atoms with Crippen LogP contribution in [0.1, 0.15) is 95.7 Å². The smallest absolute Gasteiger partial charge is 0.159 e. The zero-order chi connectivity index (χ0) is 34.6. The third kappa shape index (κ3) is 6.28. The van der Waals surface area contributed by atoms with E-state index in [0.717, 1.165) is 50.4 Å². The molecule has 2 heterocycles. The van der Waals surface area contributed by atoms with E-state index in [1.54, 1.807) is 6.20 Å². The zero-order valence-electron chi connectivity index (χ0n) is 29.5. The fourth-order valence-electron chi connectivity index (χ4n) is 6.20. The third-order valence-corrected chi connectivity index (χ3v) is 9.14. The van der Waals surface area contributed by atoms with E-state index in [1.807, 2.05) is 42.5 Å². The molecular weight excluding hydrogens is 589 g/mol. The number of allylic oxidation sites excluding steroid dienone is 2. The first kappa shape index (κ1) is 32.8. The van der Waals surface area contributed by atoms with Gasteiger partial charge in [-0.05, 0) is 62.8 Å². The molecule has 1 aliphatic heterocycles. The maximum Gasteiger partial charge on any atom is 0.159 e. The Labute approximate surface area is 285 Å². The highest BCUT2D eigenvalue weighted by Crippen LogP contribution is 2.40. The number of aliphatic imine (C=N–C) groups is 2. The number of fused-ring (bicyclic) bond motifs is 1. The van der Waals surface area contributed by atoms with Crippen molar-refractivity contribution in [3.8, 4) is 34.2 Å². The summed E-state index contributed by atoms with van der Waals surface area (Å²) in [6.45, 7) is 19.6. The molecule has 0 spiro atoms. The molecule has 4 aromatic rings. The molecular formula is C43H44N4O. The molecule has 0 fully saturated rings. The molecule has 5 nitrogen and oxygen atoms in total. The molecule has 2 aliphatic rings. The van der Waals surface area contributed by atoms with Crippen molar-refractivity contribution in [2.45, 2.75) is 84.6 Å². The summed E-state index contributed by atoms with van der Waals surface area (Å²) in [7, 11) is 0. The number of nitriles is 1. The van der Waals surface area contributed by atoms with Crippen LogP contribution in [0.15, 0.2) is 101 Å². The summed E-state index contributed by atoms with van der Waals surface area (Å²) in [4.78, 5) is 15.0. The van der Waals surface area contributed by atoms with Gasteiger partial charge >= 0.3 is 0 Å². The maximum absolute atomic E-state index is 11.6. The fraction of sp³-hybridized carbons (Fsp3) is 0.302. The SMILES string of the molecule is CC(C)(C)c1cc(C2=CC=CC3N=C(c4cc(C(C)(C)C)cc(C(C)(C)C)c4O)N=C23)cc(-c2cc(-c3ccccc3)c(C#N)cn2)c1. The van der Waals surface area contributed by atoms with Crippen molar-refractivity contribution in [3.05, 3.63) is 125 Å². The number of aromatic nitrogens is 1. The van der Waals surface area contributed by atoms with Crippen LogP contribution in [0.25, 0.3) is 28.0 Å². The van der Waals surface area contributed by atoms with Crippen LogP contribution in [0.5, 0.6) is 5.75 Å². The fourth-order valence-corrected chi connectivity index (χ4v) is 6.20. The van der Waals surface area contributed by atoms with Gasteiger partial charge in [0.2, 0.25) is 0 Å². The predicted octanol–water partition coefficient (Wildman–Crippen LogP) is 10.1. The van der Waals surface area contributed by atoms with Crippen molar-refractivity contribution in [3.63, 3.8) is 0 Å². The number of hydrogen-bond donors (Lipinski definition) is 1. The summed E-state index contributed by atoms with van der Waals surface area (Å²) < 4.78 is 0. The molecule has 0 amide bonds. The largest absolute Gasteiger partial charge is 0.507 e. The number of phenolic OH excluding ortho intramolecular Hbond substituents is 1. The van der Waals surface area contributed by atoms with E-state index in [4.69, 9.17) is 15.0 Å². The van der Waals surface area contributed by atoms with Crippen LogP contribution >= 0.6 is 0 Å². The normalized spacial score (nSPS) is 16.2. The van der Waals surface area contributed by atoms with Crippen molar-refractivity contribution in [1.82, 2.24) is 4.98 Å². The number of amidine groups is 1. The minimum absolute atomic E-state index is 0.115. The number of aromatic hydroxyl groups is 1. The monoisotopic (exact) mass is 632 g/mol. The molecule has 6 rings (SSSR count). The van der Waals surface area contributed by atoms with Crippen LogP contribution < -0.4 is 0 Å². The molecule has 1 aromatic heterocycles. The Hall–Kier alpha value is -5.08. The summed E-state index contributed by atoms with van der Waals surface area (Å²) in [5.74, 6) is 0.792. The maximum atomic E-state index is 11.6. The van der Waals surface area contributed by atoms with Crippen molar-refractivity contribution >= 4 is 17.1 Å². The molecule has 1 N–H and O–H groups in total. The predicted molar refractivity (Wildman–Crippen MR) is 199 cm³/mol. The van der Waals surface area contributed by atoms with Gasteiger partial charge < -0.3 is 5.11 Å². The van der Waals surface area contributed by atoms with E-state index >= 15 is 0 Å². The standard InChI is InChI=1S/C43H44N4O/c1-41(2,3)30-19-27(18-28(20-30)37-23-33(29(24-44)25-45-37)26-14-11-10-12-15-26)32-16-13-17-36-38(32)47-40(46-36)34-21-31(42(4,5)6)22-35(39(34)48)43(7,8)9/h10-23,25,36,48H,1-9H3. The number of hydrogen-bond acceptors (Lipinski definition) is 5. The second kappa shape index (κ2) is 11.9. The molecule has 0 radical (unpaired) electrons. The van der Waals surface area contributed by atoms with E-state index in [1.165, 1.54) is 5.56 Å². The lowest BCUT2D eigenvalue weighted by Crippen LogP contribution is -2.18. The second-order valence-corrected chi connectivity index (χ2v) is 15.9. The number of phenols is 1. The summed E-state index contributed by atoms with van der Waals surface area (Å²) in [6.07, 6.45) is 7.89. The summed E-state index contributed by atoms with van der Waals surface area (Å²) >= 11 is 0. The van der Waals surface area contributed by atoms with Crippen molar-refractivity contribution in [1.29, 1.82) is 5.26 Å². The Morgan fingerprint density at radius 1 is 0.729 bits per heavy atom. The van der Waals surface area contributed by atoms with Crippen LogP contribution in [0.4, 0.5) is 0 Å². The van der Waals surface area contributed by atoms with Crippen LogP contribution in [0.2, 0.25) is 0 Å². The molecule has 5 heteroatoms. The van der Waals surface area contributed by atoms with Gasteiger partial charge in [0, 0.05) is 28.5 Å². The molecule has 3 aromatic carbocycles. The number of nitrogens with zero attached hydrogens (tertiary/aromatic N) is 4. The molecule has 48 heavy (non-hydrogen) atoms. The lowest BCUT2D eigenvalue weighted by molar-refractivity contribution is 0.443. The Bertz CT molecular complexity index is 2090. The average molecular weight is 633 g/mol. The van der Waals surface area contributed by atoms with E-state index in [0.29, 0.717) is 17.0 Å². The summed E-state index contributed by atoms with van der Waals surface area (Å²) in [6, 6.07) is 24.8. The molecule has 1 aliphatic carbocycles. The van der Waals surface area contributed by atoms with Crippen LogP contribution in [-0.4, -0.2) is 27.7 Å². The lowest BCUT2D eigenvalue weighted by Gasteiger charge is -2.27.